The first-order valence-corrected chi connectivity index (χ1v) is 10.7. The van der Waals surface area contributed by atoms with Gasteiger partial charge in [0.2, 0.25) is 11.9 Å². The number of thioether (sulfide) groups is 1. The predicted molar refractivity (Wildman–Crippen MR) is 113 cm³/mol. The number of nitrogens with zero attached hydrogens (tertiary/aromatic N) is 4. The predicted octanol–water partition coefficient (Wildman–Crippen LogP) is 4.27. The van der Waals surface area contributed by atoms with E-state index in [0.717, 1.165) is 55.8 Å². The number of amides is 1. The highest BCUT2D eigenvalue weighted by Gasteiger charge is 2.22. The maximum Gasteiger partial charge on any atom is 0.234 e. The first-order valence-electron chi connectivity index (χ1n) is 9.75. The Kier molecular flexibility index (Phi) is 6.27. The van der Waals surface area contributed by atoms with Gasteiger partial charge in [-0.2, -0.15) is 0 Å². The van der Waals surface area contributed by atoms with Crippen molar-refractivity contribution in [2.75, 3.05) is 29.1 Å². The Morgan fingerprint density at radius 1 is 1.03 bits per heavy atom. The summed E-state index contributed by atoms with van der Waals surface area (Å²) in [4.78, 5) is 14.5. The SMILES string of the molecule is O=C(CSc1nnc(N2CCCCC2)n1-c1ccccc1)Nc1cc(F)ccc1F. The summed E-state index contributed by atoms with van der Waals surface area (Å²) >= 11 is 1.20. The molecule has 1 saturated heterocycles. The molecule has 0 spiro atoms. The first kappa shape index (κ1) is 20.3. The van der Waals surface area contributed by atoms with E-state index in [0.29, 0.717) is 5.16 Å². The van der Waals surface area contributed by atoms with Gasteiger partial charge in [0, 0.05) is 19.2 Å². The Labute approximate surface area is 177 Å². The maximum absolute atomic E-state index is 13.8. The monoisotopic (exact) mass is 429 g/mol. The number of rotatable bonds is 6. The van der Waals surface area contributed by atoms with Crippen molar-refractivity contribution in [3.63, 3.8) is 0 Å². The van der Waals surface area contributed by atoms with Gasteiger partial charge in [-0.05, 0) is 43.5 Å². The second-order valence-electron chi connectivity index (χ2n) is 6.96. The van der Waals surface area contributed by atoms with Gasteiger partial charge in [-0.25, -0.2) is 8.78 Å². The topological polar surface area (TPSA) is 63.1 Å². The van der Waals surface area contributed by atoms with Gasteiger partial charge in [0.1, 0.15) is 11.6 Å². The van der Waals surface area contributed by atoms with Crippen molar-refractivity contribution in [1.82, 2.24) is 14.8 Å². The number of carbonyl (C=O) groups excluding carboxylic acids is 1. The van der Waals surface area contributed by atoms with Crippen LogP contribution in [0.4, 0.5) is 20.4 Å². The van der Waals surface area contributed by atoms with Gasteiger partial charge in [-0.3, -0.25) is 9.36 Å². The number of piperidine rings is 1. The zero-order valence-corrected chi connectivity index (χ0v) is 17.0. The fourth-order valence-corrected chi connectivity index (χ4v) is 4.11. The lowest BCUT2D eigenvalue weighted by Crippen LogP contribution is -2.31. The molecule has 1 aromatic heterocycles. The van der Waals surface area contributed by atoms with E-state index in [2.05, 4.69) is 20.4 Å². The molecule has 1 amide bonds. The summed E-state index contributed by atoms with van der Waals surface area (Å²) in [5.41, 5.74) is 0.723. The number of para-hydroxylation sites is 1. The van der Waals surface area contributed by atoms with Crippen LogP contribution < -0.4 is 10.2 Å². The molecule has 30 heavy (non-hydrogen) atoms. The molecule has 156 valence electrons. The standard InChI is InChI=1S/C21H21F2N5OS/c22-15-9-10-17(23)18(13-15)24-19(29)14-30-21-26-25-20(27-11-5-2-6-12-27)28(21)16-7-3-1-4-8-16/h1,3-4,7-10,13H,2,5-6,11-12,14H2,(H,24,29). The maximum atomic E-state index is 13.8. The Hall–Kier alpha value is -2.94. The van der Waals surface area contributed by atoms with E-state index in [-0.39, 0.29) is 11.4 Å². The molecule has 3 aromatic rings. The lowest BCUT2D eigenvalue weighted by atomic mass is 10.1. The van der Waals surface area contributed by atoms with Crippen molar-refractivity contribution in [2.45, 2.75) is 24.4 Å². The van der Waals surface area contributed by atoms with Crippen LogP contribution in [0.2, 0.25) is 0 Å². The molecule has 1 aliphatic heterocycles. The summed E-state index contributed by atoms with van der Waals surface area (Å²) in [5, 5.41) is 11.7. The Morgan fingerprint density at radius 3 is 2.57 bits per heavy atom. The van der Waals surface area contributed by atoms with Gasteiger partial charge in [0.05, 0.1) is 17.1 Å². The molecule has 0 radical (unpaired) electrons. The molecule has 1 fully saturated rings. The third kappa shape index (κ3) is 4.62. The molecule has 9 heteroatoms. The minimum absolute atomic E-state index is 0.0130. The van der Waals surface area contributed by atoms with Crippen molar-refractivity contribution in [1.29, 1.82) is 0 Å². The van der Waals surface area contributed by atoms with Gasteiger partial charge in [0.25, 0.3) is 0 Å². The molecule has 6 nitrogen and oxygen atoms in total. The minimum atomic E-state index is -0.686. The molecule has 2 heterocycles. The largest absolute Gasteiger partial charge is 0.341 e. The third-order valence-electron chi connectivity index (χ3n) is 4.80. The van der Waals surface area contributed by atoms with E-state index in [1.165, 1.54) is 18.2 Å². The van der Waals surface area contributed by atoms with Crippen LogP contribution in [0.5, 0.6) is 0 Å². The van der Waals surface area contributed by atoms with Gasteiger partial charge in [0.15, 0.2) is 5.16 Å². The number of halogens is 2. The van der Waals surface area contributed by atoms with E-state index >= 15 is 0 Å². The van der Waals surface area contributed by atoms with Crippen molar-refractivity contribution >= 4 is 29.3 Å². The molecule has 0 saturated carbocycles. The van der Waals surface area contributed by atoms with Crippen molar-refractivity contribution in [2.24, 2.45) is 0 Å². The van der Waals surface area contributed by atoms with E-state index in [9.17, 15) is 13.6 Å². The molecule has 4 rings (SSSR count). The lowest BCUT2D eigenvalue weighted by Gasteiger charge is -2.27. The van der Waals surface area contributed by atoms with E-state index in [1.807, 2.05) is 34.9 Å². The van der Waals surface area contributed by atoms with Crippen molar-refractivity contribution < 1.29 is 13.6 Å². The number of aromatic nitrogens is 3. The highest BCUT2D eigenvalue weighted by atomic mass is 32.2. The second kappa shape index (κ2) is 9.25. The molecule has 1 N–H and O–H groups in total. The highest BCUT2D eigenvalue weighted by molar-refractivity contribution is 7.99. The number of hydrogen-bond donors (Lipinski definition) is 1. The smallest absolute Gasteiger partial charge is 0.234 e. The van der Waals surface area contributed by atoms with Crippen LogP contribution >= 0.6 is 11.8 Å². The highest BCUT2D eigenvalue weighted by Crippen LogP contribution is 2.28. The van der Waals surface area contributed by atoms with Crippen LogP contribution in [0, 0.1) is 11.6 Å². The zero-order valence-electron chi connectivity index (χ0n) is 16.2. The van der Waals surface area contributed by atoms with E-state index < -0.39 is 17.5 Å². The minimum Gasteiger partial charge on any atom is -0.341 e. The summed E-state index contributed by atoms with van der Waals surface area (Å²) in [7, 11) is 0. The average molecular weight is 429 g/mol. The zero-order chi connectivity index (χ0) is 20.9. The molecule has 0 bridgehead atoms. The molecular formula is C21H21F2N5OS. The number of benzene rings is 2. The van der Waals surface area contributed by atoms with E-state index in [1.54, 1.807) is 0 Å². The number of nitrogens with one attached hydrogen (secondary N) is 1. The van der Waals surface area contributed by atoms with Gasteiger partial charge in [-0.1, -0.05) is 30.0 Å². The normalized spacial score (nSPS) is 14.0. The molecule has 2 aromatic carbocycles. The van der Waals surface area contributed by atoms with Crippen LogP contribution in [-0.2, 0) is 4.79 Å². The summed E-state index contributed by atoms with van der Waals surface area (Å²) in [5.74, 6) is -1.02. The quantitative estimate of drug-likeness (QED) is 0.593. The van der Waals surface area contributed by atoms with Crippen LogP contribution in [0.25, 0.3) is 5.69 Å². The fraction of sp³-hybridized carbons (Fsp3) is 0.286. The van der Waals surface area contributed by atoms with Crippen molar-refractivity contribution in [3.05, 3.63) is 60.2 Å². The Balaban J connectivity index is 1.53. The Morgan fingerprint density at radius 2 is 1.80 bits per heavy atom. The summed E-state index contributed by atoms with van der Waals surface area (Å²) in [6.07, 6.45) is 3.41. The van der Waals surface area contributed by atoms with Crippen molar-refractivity contribution in [3.8, 4) is 5.69 Å². The van der Waals surface area contributed by atoms with E-state index in [4.69, 9.17) is 0 Å². The third-order valence-corrected chi connectivity index (χ3v) is 5.73. The van der Waals surface area contributed by atoms with Crippen LogP contribution in [0.15, 0.2) is 53.7 Å². The lowest BCUT2D eigenvalue weighted by molar-refractivity contribution is -0.113. The fourth-order valence-electron chi connectivity index (χ4n) is 3.37. The van der Waals surface area contributed by atoms with Crippen LogP contribution in [0.1, 0.15) is 19.3 Å². The first-order chi connectivity index (χ1) is 14.6. The molecular weight excluding hydrogens is 408 g/mol. The van der Waals surface area contributed by atoms with Gasteiger partial charge >= 0.3 is 0 Å². The molecule has 1 aliphatic rings. The van der Waals surface area contributed by atoms with Gasteiger partial charge < -0.3 is 10.2 Å². The summed E-state index contributed by atoms with van der Waals surface area (Å²) < 4.78 is 29.0. The number of hydrogen-bond acceptors (Lipinski definition) is 5. The van der Waals surface area contributed by atoms with Gasteiger partial charge in [-0.15, -0.1) is 10.2 Å². The Bertz CT molecular complexity index is 1020. The number of anilines is 2. The second-order valence-corrected chi connectivity index (χ2v) is 7.90. The number of carbonyl (C=O) groups is 1. The van der Waals surface area contributed by atoms with Crippen LogP contribution in [0.3, 0.4) is 0 Å². The average Bonchev–Trinajstić information content (AvgIpc) is 3.20. The molecule has 0 aliphatic carbocycles. The molecule has 0 unspecified atom stereocenters. The molecule has 0 atom stereocenters. The summed E-state index contributed by atoms with van der Waals surface area (Å²) in [6, 6.07) is 12.7. The summed E-state index contributed by atoms with van der Waals surface area (Å²) in [6.45, 7) is 1.82. The van der Waals surface area contributed by atoms with Crippen LogP contribution in [-0.4, -0.2) is 39.5 Å².